The molecule has 0 unspecified atom stereocenters. The Morgan fingerprint density at radius 1 is 0.625 bits per heavy atom. The summed E-state index contributed by atoms with van der Waals surface area (Å²) in [6.45, 7) is 10.1. The normalized spacial score (nSPS) is 26.6. The number of nitrogens with zero attached hydrogens (tertiary/aromatic N) is 4. The predicted molar refractivity (Wildman–Crippen MR) is 63.9 cm³/mol. The maximum absolute atomic E-state index is 2.67. The maximum atomic E-state index is 2.67. The number of rotatable bonds is 2. The van der Waals surface area contributed by atoms with Crippen LogP contribution in [0.1, 0.15) is 0 Å². The van der Waals surface area contributed by atoms with Crippen LogP contribution in [0.4, 0.5) is 0 Å². The fourth-order valence-electron chi connectivity index (χ4n) is 2.11. The van der Waals surface area contributed by atoms with Crippen LogP contribution in [-0.2, 0) is 0 Å². The second kappa shape index (κ2) is 7.41. The quantitative estimate of drug-likeness (QED) is 0.450. The first-order chi connectivity index (χ1) is 7.24. The van der Waals surface area contributed by atoms with Gasteiger partial charge in [-0.2, -0.15) is 0 Å². The van der Waals surface area contributed by atoms with Crippen LogP contribution < -0.4 is 18.9 Å². The zero-order valence-electron chi connectivity index (χ0n) is 11.0. The van der Waals surface area contributed by atoms with Crippen molar-refractivity contribution in [3.8, 4) is 0 Å². The minimum absolute atomic E-state index is 0. The van der Waals surface area contributed by atoms with E-state index in [1.54, 1.807) is 0 Å². The van der Waals surface area contributed by atoms with Gasteiger partial charge in [-0.3, -0.25) is 0 Å². The number of likely N-dealkylation sites (N-methyl/N-ethyl adjacent to an activating group) is 2. The molecule has 86 valence electrons. The van der Waals surface area contributed by atoms with E-state index in [-0.39, 0.29) is 18.9 Å². The van der Waals surface area contributed by atoms with Crippen LogP contribution in [-0.4, -0.2) is 99.7 Å². The molecule has 0 aliphatic carbocycles. The summed E-state index contributed by atoms with van der Waals surface area (Å²) in [5.41, 5.74) is 0. The van der Waals surface area contributed by atoms with Crippen molar-refractivity contribution in [2.45, 2.75) is 0 Å². The molecular weight excluding hydrogens is 210 g/mol. The second-order valence-corrected chi connectivity index (χ2v) is 6.49. The van der Waals surface area contributed by atoms with Gasteiger partial charge in [-0.1, -0.05) is 0 Å². The molecule has 0 saturated carbocycles. The topological polar surface area (TPSA) is 13.0 Å². The molecule has 4 nitrogen and oxygen atoms in total. The van der Waals surface area contributed by atoms with Crippen LogP contribution in [0.2, 0.25) is 0 Å². The van der Waals surface area contributed by atoms with Crippen LogP contribution in [0.3, 0.4) is 0 Å². The van der Waals surface area contributed by atoms with Crippen LogP contribution in [0.15, 0.2) is 0 Å². The number of hydrogen-bond donors (Lipinski definition) is 0. The number of hydrogen-bond acceptors (Lipinski definition) is 4. The van der Waals surface area contributed by atoms with Crippen molar-refractivity contribution in [1.82, 2.24) is 17.6 Å². The SMILES string of the molecule is CN1CC[N]([Al-][N]2CCN(C)CC2)CC1.[Li+]. The minimum atomic E-state index is 0. The molecule has 0 spiro atoms. The van der Waals surface area contributed by atoms with Gasteiger partial charge in [-0.15, -0.1) is 0 Å². The fourth-order valence-corrected chi connectivity index (χ4v) is 3.49. The molecule has 0 aromatic rings. The van der Waals surface area contributed by atoms with E-state index in [1.165, 1.54) is 52.4 Å². The third-order valence-electron chi connectivity index (χ3n) is 3.40. The summed E-state index contributed by atoms with van der Waals surface area (Å²) in [4.78, 5) is 4.86. The zero-order chi connectivity index (χ0) is 10.7. The van der Waals surface area contributed by atoms with Gasteiger partial charge in [0, 0.05) is 26.2 Å². The van der Waals surface area contributed by atoms with Crippen molar-refractivity contribution in [3.63, 3.8) is 0 Å². The smallest absolute Gasteiger partial charge is 0.554 e. The van der Waals surface area contributed by atoms with E-state index in [9.17, 15) is 0 Å². The van der Waals surface area contributed by atoms with E-state index in [0.717, 1.165) is 0 Å². The van der Waals surface area contributed by atoms with Crippen molar-refractivity contribution in [3.05, 3.63) is 0 Å². The van der Waals surface area contributed by atoms with Crippen molar-refractivity contribution in [2.75, 3.05) is 66.5 Å². The molecule has 0 atom stereocenters. The summed E-state index contributed by atoms with van der Waals surface area (Å²) in [5.74, 6) is 0. The molecular formula is C10H22AlLiN4. The molecule has 2 radical (unpaired) electrons. The Bertz CT molecular complexity index is 171. The number of piperazine rings is 2. The standard InChI is InChI=1S/2C5H11N2.Al.Li/c2*1-7-4-2-6-3-5-7;;/h2*2-5H2,1H3;;/q2*-1;2*+1. The Labute approximate surface area is 118 Å². The van der Waals surface area contributed by atoms with Gasteiger partial charge in [0.05, 0.1) is 0 Å². The third-order valence-corrected chi connectivity index (χ3v) is 5.09. The molecule has 2 fully saturated rings. The summed E-state index contributed by atoms with van der Waals surface area (Å²) in [7, 11) is 4.45. The zero-order valence-corrected chi connectivity index (χ0v) is 12.2. The van der Waals surface area contributed by atoms with Crippen molar-refractivity contribution >= 4 is 15.7 Å². The Kier molecular flexibility index (Phi) is 6.96. The summed E-state index contributed by atoms with van der Waals surface area (Å²) in [5, 5.41) is 0. The van der Waals surface area contributed by atoms with Gasteiger partial charge in [0.1, 0.15) is 0 Å². The first-order valence-electron chi connectivity index (χ1n) is 5.94. The van der Waals surface area contributed by atoms with Crippen molar-refractivity contribution in [2.24, 2.45) is 0 Å². The first kappa shape index (κ1) is 15.0. The molecule has 2 aliphatic rings. The second-order valence-electron chi connectivity index (χ2n) is 4.79. The van der Waals surface area contributed by atoms with E-state index < -0.39 is 0 Å². The first-order valence-corrected chi connectivity index (χ1v) is 6.97. The molecule has 16 heavy (non-hydrogen) atoms. The van der Waals surface area contributed by atoms with Gasteiger partial charge in [-0.25, -0.2) is 0 Å². The molecule has 0 aromatic heterocycles. The third kappa shape index (κ3) is 4.69. The summed E-state index contributed by atoms with van der Waals surface area (Å²) < 4.78 is 5.34. The molecule has 0 N–H and O–H groups in total. The minimum Gasteiger partial charge on any atom is -0.554 e. The molecule has 0 bridgehead atoms. The van der Waals surface area contributed by atoms with E-state index in [2.05, 4.69) is 31.7 Å². The van der Waals surface area contributed by atoms with Gasteiger partial charge in [0.2, 0.25) is 0 Å². The Balaban J connectivity index is 0.00000128. The average molecular weight is 232 g/mol. The Hall–Kier alpha value is 0.970. The Morgan fingerprint density at radius 2 is 0.938 bits per heavy atom. The maximum Gasteiger partial charge on any atom is 1.00 e. The van der Waals surface area contributed by atoms with Crippen LogP contribution >= 0.6 is 0 Å². The van der Waals surface area contributed by atoms with E-state index in [4.69, 9.17) is 0 Å². The van der Waals surface area contributed by atoms with Gasteiger partial charge >= 0.3 is 18.9 Å². The van der Waals surface area contributed by atoms with Crippen molar-refractivity contribution < 1.29 is 18.9 Å². The Morgan fingerprint density at radius 3 is 1.25 bits per heavy atom. The average Bonchev–Trinajstić information content (AvgIpc) is 2.25. The van der Waals surface area contributed by atoms with Crippen LogP contribution in [0.5, 0.6) is 0 Å². The van der Waals surface area contributed by atoms with Gasteiger partial charge < -0.3 is 17.6 Å². The van der Waals surface area contributed by atoms with Crippen LogP contribution in [0, 0.1) is 0 Å². The fraction of sp³-hybridized carbons (Fsp3) is 1.00. The molecule has 2 saturated heterocycles. The molecule has 0 amide bonds. The van der Waals surface area contributed by atoms with Crippen LogP contribution in [0.25, 0.3) is 0 Å². The predicted octanol–water partition coefficient (Wildman–Crippen LogP) is -3.98. The van der Waals surface area contributed by atoms with Gasteiger partial charge in [-0.05, 0) is 55.9 Å². The molecule has 2 rings (SSSR count). The van der Waals surface area contributed by atoms with Gasteiger partial charge in [0.15, 0.2) is 0 Å². The molecule has 0 aromatic carbocycles. The molecule has 2 aliphatic heterocycles. The largest absolute Gasteiger partial charge is 1.00 e. The summed E-state index contributed by atoms with van der Waals surface area (Å²) >= 11 is 0.406. The van der Waals surface area contributed by atoms with Crippen molar-refractivity contribution in [1.29, 1.82) is 0 Å². The molecule has 2 heterocycles. The van der Waals surface area contributed by atoms with Gasteiger partial charge in [0.25, 0.3) is 0 Å². The summed E-state index contributed by atoms with van der Waals surface area (Å²) in [6, 6.07) is 0. The van der Waals surface area contributed by atoms with E-state index in [1.807, 2.05) is 0 Å². The monoisotopic (exact) mass is 232 g/mol. The van der Waals surface area contributed by atoms with E-state index in [0.29, 0.717) is 15.7 Å². The summed E-state index contributed by atoms with van der Waals surface area (Å²) in [6.07, 6.45) is 0. The van der Waals surface area contributed by atoms with E-state index >= 15 is 0 Å². The molecule has 6 heteroatoms.